The first-order valence-corrected chi connectivity index (χ1v) is 11.4. The fourth-order valence-electron chi connectivity index (χ4n) is 3.31. The molecule has 1 aliphatic heterocycles. The van der Waals surface area contributed by atoms with Crippen molar-refractivity contribution in [2.24, 2.45) is 15.9 Å². The van der Waals surface area contributed by atoms with E-state index in [1.54, 1.807) is 0 Å². The second kappa shape index (κ2) is 11.5. The summed E-state index contributed by atoms with van der Waals surface area (Å²) in [4.78, 5) is 22.2. The highest BCUT2D eigenvalue weighted by molar-refractivity contribution is 6.66. The van der Waals surface area contributed by atoms with Crippen molar-refractivity contribution in [2.45, 2.75) is 45.3 Å². The predicted octanol–water partition coefficient (Wildman–Crippen LogP) is 5.18. The maximum absolute atomic E-state index is 13.3. The number of hydrogen-bond donors (Lipinski definition) is 3. The van der Waals surface area contributed by atoms with Gasteiger partial charge in [-0.1, -0.05) is 69.5 Å². The Bertz CT molecular complexity index is 936. The zero-order valence-electron chi connectivity index (χ0n) is 18.5. The highest BCUT2D eigenvalue weighted by atomic mass is 35.5. The van der Waals surface area contributed by atoms with E-state index in [9.17, 15) is 4.79 Å². The van der Waals surface area contributed by atoms with Crippen LogP contribution in [-0.4, -0.2) is 29.6 Å². The minimum absolute atomic E-state index is 0.0248. The van der Waals surface area contributed by atoms with Gasteiger partial charge in [-0.2, -0.15) is 9.98 Å². The lowest BCUT2D eigenvalue weighted by Crippen LogP contribution is -2.52. The molecule has 0 bridgehead atoms. The number of carbonyl (C=O) groups excluding carboxylic acids is 1. The van der Waals surface area contributed by atoms with Crippen molar-refractivity contribution >= 4 is 40.2 Å². The molecule has 0 saturated heterocycles. The smallest absolute Gasteiger partial charge is 0.379 e. The molecule has 0 aromatic heterocycles. The molecule has 2 atom stereocenters. The van der Waals surface area contributed by atoms with Crippen molar-refractivity contribution in [3.63, 3.8) is 0 Å². The minimum atomic E-state index is -1.75. The average molecular weight is 456 g/mol. The van der Waals surface area contributed by atoms with E-state index >= 15 is 0 Å². The first-order chi connectivity index (χ1) is 15.5. The third-order valence-corrected chi connectivity index (χ3v) is 5.34. The highest BCUT2D eigenvalue weighted by Gasteiger charge is 2.44. The number of nitrogens with one attached hydrogen (secondary N) is 3. The maximum atomic E-state index is 13.3. The van der Waals surface area contributed by atoms with E-state index in [1.165, 1.54) is 0 Å². The van der Waals surface area contributed by atoms with E-state index in [0.717, 1.165) is 31.4 Å². The van der Waals surface area contributed by atoms with Crippen molar-refractivity contribution in [3.05, 3.63) is 60.7 Å². The Labute approximate surface area is 194 Å². The minimum Gasteiger partial charge on any atom is -0.461 e. The number of anilines is 2. The number of guanidine groups is 1. The summed E-state index contributed by atoms with van der Waals surface area (Å²) in [6.45, 7) is 4.57. The van der Waals surface area contributed by atoms with Crippen molar-refractivity contribution in [1.82, 2.24) is 5.32 Å². The van der Waals surface area contributed by atoms with Gasteiger partial charge in [-0.05, 0) is 48.2 Å². The molecule has 170 valence electrons. The topological polar surface area (TPSA) is 87.1 Å². The number of benzene rings is 2. The van der Waals surface area contributed by atoms with Crippen LogP contribution in [0.3, 0.4) is 0 Å². The van der Waals surface area contributed by atoms with E-state index in [2.05, 4.69) is 39.8 Å². The molecule has 0 radical (unpaired) electrons. The highest BCUT2D eigenvalue weighted by Crippen LogP contribution is 2.25. The summed E-state index contributed by atoms with van der Waals surface area (Å²) in [5.41, 5.74) is 1.46. The molecule has 1 aliphatic rings. The molecular weight excluding hydrogens is 426 g/mol. The van der Waals surface area contributed by atoms with Crippen LogP contribution in [0.15, 0.2) is 70.6 Å². The van der Waals surface area contributed by atoms with Crippen molar-refractivity contribution in [2.75, 3.05) is 17.2 Å². The van der Waals surface area contributed by atoms with Gasteiger partial charge < -0.3 is 20.7 Å². The van der Waals surface area contributed by atoms with E-state index in [4.69, 9.17) is 16.3 Å². The van der Waals surface area contributed by atoms with Gasteiger partial charge in [0.2, 0.25) is 11.3 Å². The van der Waals surface area contributed by atoms with Crippen molar-refractivity contribution in [1.29, 1.82) is 0 Å². The van der Waals surface area contributed by atoms with E-state index < -0.39 is 11.8 Å². The maximum Gasteiger partial charge on any atom is 0.379 e. The van der Waals surface area contributed by atoms with Crippen molar-refractivity contribution in [3.8, 4) is 0 Å². The van der Waals surface area contributed by atoms with Gasteiger partial charge in [0, 0.05) is 11.4 Å². The van der Waals surface area contributed by atoms with Gasteiger partial charge in [-0.25, -0.2) is 4.79 Å². The van der Waals surface area contributed by atoms with Crippen LogP contribution >= 0.6 is 11.6 Å². The number of unbranched alkanes of at least 4 members (excludes halogenated alkanes) is 1. The Balaban J connectivity index is 1.87. The fourth-order valence-corrected chi connectivity index (χ4v) is 3.52. The number of rotatable bonds is 10. The number of nitrogens with zero attached hydrogens (tertiary/aromatic N) is 2. The number of halogens is 1. The van der Waals surface area contributed by atoms with Gasteiger partial charge in [0.25, 0.3) is 0 Å². The Morgan fingerprint density at radius 3 is 2.34 bits per heavy atom. The first kappa shape index (κ1) is 23.6. The van der Waals surface area contributed by atoms with Crippen LogP contribution in [0.5, 0.6) is 0 Å². The van der Waals surface area contributed by atoms with E-state index in [1.807, 2.05) is 60.7 Å². The SMILES string of the molecule is CCCCC(CC)COC(=O)C1(Nc2ccccc2)N=C(Cl)NC(Nc2ccccc2)=N1. The standard InChI is InChI=1S/C24H30ClN5O2/c1-3-5-12-18(4-2)17-32-21(31)24(28-20-15-10-7-11-16-20)29-22(25)27-23(30-24)26-19-13-8-6-9-14-19/h6-11,13-16,18,28H,3-5,12,17H2,1-2H3,(H2,26,27,29,30). The Morgan fingerprint density at radius 1 is 1.06 bits per heavy atom. The summed E-state index contributed by atoms with van der Waals surface area (Å²) in [6, 6.07) is 18.7. The number of esters is 1. The monoisotopic (exact) mass is 455 g/mol. The van der Waals surface area contributed by atoms with Crippen LogP contribution in [0.1, 0.15) is 39.5 Å². The van der Waals surface area contributed by atoms with Gasteiger partial charge in [0.1, 0.15) is 0 Å². The summed E-state index contributed by atoms with van der Waals surface area (Å²) >= 11 is 6.30. The number of aliphatic imine (C=N–C) groups is 2. The van der Waals surface area contributed by atoms with Gasteiger partial charge in [-0.3, -0.25) is 0 Å². The van der Waals surface area contributed by atoms with E-state index in [0.29, 0.717) is 18.2 Å². The summed E-state index contributed by atoms with van der Waals surface area (Å²) < 4.78 is 5.72. The number of ether oxygens (including phenoxy) is 1. The molecule has 0 fully saturated rings. The Morgan fingerprint density at radius 2 is 1.72 bits per heavy atom. The summed E-state index contributed by atoms with van der Waals surface area (Å²) in [5.74, 6) is -1.78. The van der Waals surface area contributed by atoms with Crippen LogP contribution in [0, 0.1) is 5.92 Å². The molecular formula is C24H30ClN5O2. The fraction of sp³-hybridized carbons (Fsp3) is 0.375. The van der Waals surface area contributed by atoms with Gasteiger partial charge in [0.15, 0.2) is 0 Å². The number of amidine groups is 1. The molecule has 3 rings (SSSR count). The van der Waals surface area contributed by atoms with Crippen LogP contribution in [0.25, 0.3) is 0 Å². The largest absolute Gasteiger partial charge is 0.461 e. The Hall–Kier alpha value is -3.06. The molecule has 0 aliphatic carbocycles. The molecule has 8 heteroatoms. The second-order valence-electron chi connectivity index (χ2n) is 7.66. The summed E-state index contributed by atoms with van der Waals surface area (Å²) in [7, 11) is 0. The van der Waals surface area contributed by atoms with E-state index in [-0.39, 0.29) is 11.3 Å². The zero-order chi connectivity index (χ0) is 22.8. The molecule has 2 unspecified atom stereocenters. The predicted molar refractivity (Wildman–Crippen MR) is 131 cm³/mol. The van der Waals surface area contributed by atoms with Crippen molar-refractivity contribution < 1.29 is 9.53 Å². The molecule has 3 N–H and O–H groups in total. The summed E-state index contributed by atoms with van der Waals surface area (Å²) in [6.07, 6.45) is 4.14. The molecule has 0 saturated carbocycles. The molecule has 1 heterocycles. The molecule has 32 heavy (non-hydrogen) atoms. The second-order valence-corrected chi connectivity index (χ2v) is 8.02. The third kappa shape index (κ3) is 6.47. The average Bonchev–Trinajstić information content (AvgIpc) is 2.80. The lowest BCUT2D eigenvalue weighted by atomic mass is 10.0. The molecule has 0 spiro atoms. The van der Waals surface area contributed by atoms with Crippen LogP contribution < -0.4 is 16.0 Å². The lowest BCUT2D eigenvalue weighted by Gasteiger charge is -2.30. The van der Waals surface area contributed by atoms with Crippen LogP contribution in [0.4, 0.5) is 11.4 Å². The van der Waals surface area contributed by atoms with Crippen LogP contribution in [0.2, 0.25) is 0 Å². The van der Waals surface area contributed by atoms with Gasteiger partial charge in [-0.15, -0.1) is 0 Å². The number of para-hydroxylation sites is 2. The zero-order valence-corrected chi connectivity index (χ0v) is 19.2. The molecule has 7 nitrogen and oxygen atoms in total. The van der Waals surface area contributed by atoms with Crippen LogP contribution in [-0.2, 0) is 9.53 Å². The molecule has 0 amide bonds. The first-order valence-electron chi connectivity index (χ1n) is 11.0. The normalized spacial score (nSPS) is 18.6. The summed E-state index contributed by atoms with van der Waals surface area (Å²) in [5, 5.41) is 9.14. The van der Waals surface area contributed by atoms with Gasteiger partial charge >= 0.3 is 11.8 Å². The van der Waals surface area contributed by atoms with Gasteiger partial charge in [0.05, 0.1) is 6.61 Å². The number of carbonyl (C=O) groups is 1. The third-order valence-electron chi connectivity index (χ3n) is 5.16. The lowest BCUT2D eigenvalue weighted by molar-refractivity contribution is -0.150. The number of hydrogen-bond acceptors (Lipinski definition) is 7. The molecule has 2 aromatic rings. The molecule has 2 aromatic carbocycles. The quantitative estimate of drug-likeness (QED) is 0.339. The Kier molecular flexibility index (Phi) is 8.50.